The van der Waals surface area contributed by atoms with Crippen LogP contribution in [0.3, 0.4) is 0 Å². The second-order valence-corrected chi connectivity index (χ2v) is 5.39. The number of pyridine rings is 1. The molecule has 72 valence electrons. The monoisotopic (exact) mass is 203 g/mol. The van der Waals surface area contributed by atoms with Crippen molar-refractivity contribution < 1.29 is 8.60 Å². The van der Waals surface area contributed by atoms with Crippen LogP contribution in [-0.2, 0) is 9.73 Å². The molecule has 1 rings (SSSR count). The van der Waals surface area contributed by atoms with Gasteiger partial charge in [0.05, 0.1) is 11.9 Å². The normalized spacial score (nSPS) is 11.3. The number of halogens is 1. The molecule has 0 spiro atoms. The maximum atomic E-state index is 13.0. The van der Waals surface area contributed by atoms with E-state index in [-0.39, 0.29) is 11.5 Å². The van der Waals surface area contributed by atoms with Gasteiger partial charge in [0.15, 0.2) is 11.6 Å². The van der Waals surface area contributed by atoms with Gasteiger partial charge >= 0.3 is 0 Å². The molecule has 0 atom stereocenters. The van der Waals surface area contributed by atoms with Crippen molar-refractivity contribution in [2.45, 2.75) is 0 Å². The van der Waals surface area contributed by atoms with Crippen molar-refractivity contribution in [1.82, 2.24) is 4.98 Å². The molecule has 1 aromatic heterocycles. The Labute approximate surface area is 76.2 Å². The minimum absolute atomic E-state index is 0.163. The zero-order valence-electron chi connectivity index (χ0n) is 7.32. The van der Waals surface area contributed by atoms with Gasteiger partial charge in [-0.05, 0) is 0 Å². The first-order valence-electron chi connectivity index (χ1n) is 3.46. The van der Waals surface area contributed by atoms with Gasteiger partial charge in [0, 0.05) is 28.3 Å². The van der Waals surface area contributed by atoms with Crippen LogP contribution >= 0.6 is 0 Å². The fourth-order valence-electron chi connectivity index (χ4n) is 0.721. The van der Waals surface area contributed by atoms with Gasteiger partial charge in [0.1, 0.15) is 0 Å². The average Bonchev–Trinajstić information content (AvgIpc) is 1.93. The molecule has 0 unspecified atom stereocenters. The van der Waals surface area contributed by atoms with Crippen molar-refractivity contribution in [3.8, 4) is 0 Å². The Kier molecular flexibility index (Phi) is 2.51. The number of aromatic nitrogens is 1. The zero-order chi connectivity index (χ0) is 10.1. The van der Waals surface area contributed by atoms with Gasteiger partial charge in [-0.2, -0.15) is 4.36 Å². The maximum absolute atomic E-state index is 13.0. The molecule has 2 N–H and O–H groups in total. The van der Waals surface area contributed by atoms with E-state index in [0.717, 1.165) is 6.07 Å². The van der Waals surface area contributed by atoms with E-state index in [1.807, 2.05) is 0 Å². The second-order valence-electron chi connectivity index (χ2n) is 2.85. The summed E-state index contributed by atoms with van der Waals surface area (Å²) in [6.07, 6.45) is 4.09. The summed E-state index contributed by atoms with van der Waals surface area (Å²) in [7, 11) is -2.38. The Balaban J connectivity index is 3.26. The molecule has 1 aromatic rings. The van der Waals surface area contributed by atoms with Crippen molar-refractivity contribution in [2.75, 3.05) is 18.2 Å². The molecule has 0 fully saturated rings. The number of nitrogen functional groups attached to an aromatic ring is 1. The fraction of sp³-hybridized carbons (Fsp3) is 0.286. The van der Waals surface area contributed by atoms with Crippen molar-refractivity contribution in [2.24, 2.45) is 4.36 Å². The molecule has 0 aromatic carbocycles. The SMILES string of the molecule is CS(C)(=O)=Nc1ncc(N)cc1F. The third kappa shape index (κ3) is 2.98. The number of hydrogen-bond acceptors (Lipinski definition) is 4. The van der Waals surface area contributed by atoms with Crippen LogP contribution in [0.2, 0.25) is 0 Å². The quantitative estimate of drug-likeness (QED) is 0.744. The molecule has 4 nitrogen and oxygen atoms in total. The summed E-state index contributed by atoms with van der Waals surface area (Å²) < 4.78 is 27.8. The zero-order valence-corrected chi connectivity index (χ0v) is 8.14. The largest absolute Gasteiger partial charge is 0.397 e. The molecule has 0 radical (unpaired) electrons. The summed E-state index contributed by atoms with van der Waals surface area (Å²) in [4.78, 5) is 3.62. The lowest BCUT2D eigenvalue weighted by molar-refractivity contribution is 0.624. The summed E-state index contributed by atoms with van der Waals surface area (Å²) >= 11 is 0. The highest BCUT2D eigenvalue weighted by Gasteiger charge is 2.03. The lowest BCUT2D eigenvalue weighted by Gasteiger charge is -1.98. The minimum Gasteiger partial charge on any atom is -0.397 e. The first-order chi connectivity index (χ1) is 5.88. The predicted molar refractivity (Wildman–Crippen MR) is 50.7 cm³/mol. The highest BCUT2D eigenvalue weighted by molar-refractivity contribution is 7.92. The summed E-state index contributed by atoms with van der Waals surface area (Å²) in [6.45, 7) is 0. The second kappa shape index (κ2) is 3.29. The standard InChI is InChI=1S/C7H10FN3OS/c1-13(2,12)11-7-6(8)3-5(9)4-10-7/h3-4H,9H2,1-2H3. The topological polar surface area (TPSA) is 68.3 Å². The highest BCUT2D eigenvalue weighted by atomic mass is 32.2. The molecule has 13 heavy (non-hydrogen) atoms. The van der Waals surface area contributed by atoms with Crippen molar-refractivity contribution >= 4 is 21.2 Å². The predicted octanol–water partition coefficient (Wildman–Crippen LogP) is 1.16. The van der Waals surface area contributed by atoms with Gasteiger partial charge in [-0.1, -0.05) is 0 Å². The van der Waals surface area contributed by atoms with E-state index < -0.39 is 15.5 Å². The van der Waals surface area contributed by atoms with Crippen LogP contribution in [0.25, 0.3) is 0 Å². The maximum Gasteiger partial charge on any atom is 0.197 e. The van der Waals surface area contributed by atoms with E-state index in [9.17, 15) is 8.60 Å². The third-order valence-electron chi connectivity index (χ3n) is 1.15. The average molecular weight is 203 g/mol. The van der Waals surface area contributed by atoms with E-state index in [1.165, 1.54) is 18.7 Å². The molecule has 1 heterocycles. The van der Waals surface area contributed by atoms with Crippen LogP contribution in [0, 0.1) is 5.82 Å². The molecular formula is C7H10FN3OS. The lowest BCUT2D eigenvalue weighted by atomic mass is 10.4. The van der Waals surface area contributed by atoms with Crippen LogP contribution in [0.1, 0.15) is 0 Å². The van der Waals surface area contributed by atoms with Gasteiger partial charge in [-0.3, -0.25) is 0 Å². The molecule has 0 saturated heterocycles. The highest BCUT2D eigenvalue weighted by Crippen LogP contribution is 2.17. The van der Waals surface area contributed by atoms with E-state index in [4.69, 9.17) is 5.73 Å². The van der Waals surface area contributed by atoms with Crippen molar-refractivity contribution in [3.63, 3.8) is 0 Å². The Bertz CT molecular complexity index is 429. The molecule has 0 aliphatic rings. The summed E-state index contributed by atoms with van der Waals surface area (Å²) in [6, 6.07) is 1.09. The van der Waals surface area contributed by atoms with Gasteiger partial charge < -0.3 is 5.73 Å². The van der Waals surface area contributed by atoms with Crippen LogP contribution in [0.15, 0.2) is 16.6 Å². The first kappa shape index (κ1) is 9.91. The van der Waals surface area contributed by atoms with E-state index in [0.29, 0.717) is 0 Å². The molecule has 0 aliphatic carbocycles. The van der Waals surface area contributed by atoms with Gasteiger partial charge in [-0.25, -0.2) is 13.6 Å². The lowest BCUT2D eigenvalue weighted by Crippen LogP contribution is -1.93. The molecule has 0 amide bonds. The van der Waals surface area contributed by atoms with Crippen LogP contribution in [-0.4, -0.2) is 21.7 Å². The fourth-order valence-corrected chi connectivity index (χ4v) is 1.27. The minimum atomic E-state index is -2.38. The number of anilines is 1. The molecule has 0 bridgehead atoms. The molecular weight excluding hydrogens is 193 g/mol. The number of nitrogens with zero attached hydrogens (tertiary/aromatic N) is 2. The summed E-state index contributed by atoms with van der Waals surface area (Å²) in [5, 5.41) is 0. The van der Waals surface area contributed by atoms with Crippen LogP contribution in [0.5, 0.6) is 0 Å². The van der Waals surface area contributed by atoms with Crippen molar-refractivity contribution in [1.29, 1.82) is 0 Å². The van der Waals surface area contributed by atoms with Gasteiger partial charge in [-0.15, -0.1) is 0 Å². The Hall–Kier alpha value is -1.17. The van der Waals surface area contributed by atoms with Crippen molar-refractivity contribution in [3.05, 3.63) is 18.1 Å². The Morgan fingerprint density at radius 1 is 1.62 bits per heavy atom. The van der Waals surface area contributed by atoms with Crippen LogP contribution < -0.4 is 5.73 Å². The summed E-state index contributed by atoms with van der Waals surface area (Å²) in [5.74, 6) is -0.819. The van der Waals surface area contributed by atoms with Gasteiger partial charge in [0.2, 0.25) is 0 Å². The third-order valence-corrected chi connectivity index (χ3v) is 1.76. The molecule has 0 saturated carbocycles. The first-order valence-corrected chi connectivity index (χ1v) is 5.80. The summed E-state index contributed by atoms with van der Waals surface area (Å²) in [5.41, 5.74) is 5.49. The van der Waals surface area contributed by atoms with E-state index in [1.54, 1.807) is 0 Å². The smallest absolute Gasteiger partial charge is 0.197 e. The molecule has 0 aliphatic heterocycles. The van der Waals surface area contributed by atoms with Gasteiger partial charge in [0.25, 0.3) is 0 Å². The number of hydrogen-bond donors (Lipinski definition) is 1. The number of rotatable bonds is 1. The Morgan fingerprint density at radius 3 is 2.69 bits per heavy atom. The Morgan fingerprint density at radius 2 is 2.23 bits per heavy atom. The van der Waals surface area contributed by atoms with E-state index in [2.05, 4.69) is 9.35 Å². The number of nitrogens with two attached hydrogens (primary N) is 1. The van der Waals surface area contributed by atoms with E-state index >= 15 is 0 Å². The van der Waals surface area contributed by atoms with Crippen LogP contribution in [0.4, 0.5) is 15.9 Å². The molecule has 6 heteroatoms.